The van der Waals surface area contributed by atoms with Crippen molar-refractivity contribution >= 4 is 11.7 Å². The number of nitrogens with zero attached hydrogens (tertiary/aromatic N) is 1. The molecule has 2 aromatic carbocycles. The minimum Gasteiger partial charge on any atom is -0.484 e. The van der Waals surface area contributed by atoms with E-state index in [2.05, 4.69) is 22.8 Å². The third-order valence-electron chi connectivity index (χ3n) is 3.63. The number of hydrogen-bond donors (Lipinski definition) is 2. The van der Waals surface area contributed by atoms with Gasteiger partial charge in [0.15, 0.2) is 0 Å². The van der Waals surface area contributed by atoms with Crippen LogP contribution in [0.15, 0.2) is 54.6 Å². The summed E-state index contributed by atoms with van der Waals surface area (Å²) in [7, 11) is 5.34. The van der Waals surface area contributed by atoms with Gasteiger partial charge in [0.05, 0.1) is 5.69 Å². The second-order valence-electron chi connectivity index (χ2n) is 5.73. The van der Waals surface area contributed by atoms with E-state index in [1.807, 2.05) is 49.5 Å². The fourth-order valence-corrected chi connectivity index (χ4v) is 2.29. The van der Waals surface area contributed by atoms with Crippen LogP contribution in [0.5, 0.6) is 5.75 Å². The molecule has 0 bridgehead atoms. The third-order valence-corrected chi connectivity index (χ3v) is 3.63. The van der Waals surface area contributed by atoms with Gasteiger partial charge in [-0.15, -0.1) is 0 Å². The van der Waals surface area contributed by atoms with Crippen molar-refractivity contribution in [1.29, 1.82) is 0 Å². The van der Waals surface area contributed by atoms with E-state index in [4.69, 9.17) is 4.74 Å². The van der Waals surface area contributed by atoms with Crippen molar-refractivity contribution in [3.63, 3.8) is 0 Å². The average molecular weight is 327 g/mol. The second kappa shape index (κ2) is 8.93. The predicted octanol–water partition coefficient (Wildman–Crippen LogP) is 3.51. The Morgan fingerprint density at radius 3 is 2.42 bits per heavy atom. The number of rotatable bonds is 7. The molecule has 2 aromatic rings. The molecule has 5 nitrogen and oxygen atoms in total. The van der Waals surface area contributed by atoms with Crippen LogP contribution in [0.2, 0.25) is 0 Å². The number of nitrogens with one attached hydrogen (secondary N) is 2. The van der Waals surface area contributed by atoms with Crippen LogP contribution in [0.4, 0.5) is 10.5 Å². The summed E-state index contributed by atoms with van der Waals surface area (Å²) in [6.45, 7) is 0.839. The number of carbonyl (C=O) groups is 1. The van der Waals surface area contributed by atoms with E-state index in [1.165, 1.54) is 4.90 Å². The largest absolute Gasteiger partial charge is 0.484 e. The highest BCUT2D eigenvalue weighted by atomic mass is 16.5. The second-order valence-corrected chi connectivity index (χ2v) is 5.73. The zero-order chi connectivity index (χ0) is 17.4. The first-order chi connectivity index (χ1) is 11.6. The zero-order valence-corrected chi connectivity index (χ0v) is 14.5. The lowest BCUT2D eigenvalue weighted by Gasteiger charge is -2.22. The van der Waals surface area contributed by atoms with Crippen molar-refractivity contribution in [2.24, 2.45) is 0 Å². The van der Waals surface area contributed by atoms with Crippen LogP contribution in [0.25, 0.3) is 0 Å². The molecular formula is C19H25N3O2. The van der Waals surface area contributed by atoms with E-state index in [0.717, 1.165) is 18.5 Å². The molecule has 0 spiro atoms. The lowest BCUT2D eigenvalue weighted by atomic mass is 10.1. The van der Waals surface area contributed by atoms with E-state index in [9.17, 15) is 4.79 Å². The maximum Gasteiger partial charge on any atom is 0.321 e. The molecule has 0 aliphatic heterocycles. The van der Waals surface area contributed by atoms with Gasteiger partial charge < -0.3 is 20.3 Å². The molecule has 5 heteroatoms. The first kappa shape index (κ1) is 17.8. The molecule has 24 heavy (non-hydrogen) atoms. The summed E-state index contributed by atoms with van der Waals surface area (Å²) >= 11 is 0. The molecule has 0 aliphatic carbocycles. The molecule has 0 aromatic heterocycles. The summed E-state index contributed by atoms with van der Waals surface area (Å²) in [6.07, 6.45) is 0.743. The number of benzene rings is 2. The Morgan fingerprint density at radius 2 is 1.75 bits per heavy atom. The Labute approximate surface area is 143 Å². The van der Waals surface area contributed by atoms with Gasteiger partial charge in [0, 0.05) is 20.5 Å². The number of carbonyl (C=O) groups excluding carboxylic acids is 1. The van der Waals surface area contributed by atoms with E-state index in [1.54, 1.807) is 14.1 Å². The van der Waals surface area contributed by atoms with Gasteiger partial charge in [0.25, 0.3) is 0 Å². The van der Waals surface area contributed by atoms with Crippen molar-refractivity contribution in [3.05, 3.63) is 60.2 Å². The van der Waals surface area contributed by atoms with Crippen LogP contribution in [-0.4, -0.2) is 38.6 Å². The van der Waals surface area contributed by atoms with Crippen LogP contribution < -0.4 is 15.4 Å². The van der Waals surface area contributed by atoms with Crippen LogP contribution in [0.3, 0.4) is 0 Å². The summed E-state index contributed by atoms with van der Waals surface area (Å²) in [6, 6.07) is 17.4. The Hall–Kier alpha value is -2.53. The molecule has 0 saturated carbocycles. The van der Waals surface area contributed by atoms with Crippen LogP contribution in [0.1, 0.15) is 18.1 Å². The Balaban J connectivity index is 2.21. The van der Waals surface area contributed by atoms with Gasteiger partial charge in [-0.3, -0.25) is 0 Å². The number of amides is 2. The fourth-order valence-electron chi connectivity index (χ4n) is 2.29. The Morgan fingerprint density at radius 1 is 1.08 bits per heavy atom. The Bertz CT molecular complexity index is 644. The lowest BCUT2D eigenvalue weighted by molar-refractivity contribution is 0.195. The molecule has 2 N–H and O–H groups in total. The minimum absolute atomic E-state index is 0.0870. The summed E-state index contributed by atoms with van der Waals surface area (Å²) in [5.41, 5.74) is 1.78. The van der Waals surface area contributed by atoms with Gasteiger partial charge in [-0.05, 0) is 31.3 Å². The number of anilines is 1. The van der Waals surface area contributed by atoms with E-state index in [0.29, 0.717) is 11.4 Å². The van der Waals surface area contributed by atoms with Crippen molar-refractivity contribution < 1.29 is 9.53 Å². The van der Waals surface area contributed by atoms with Crippen molar-refractivity contribution in [1.82, 2.24) is 10.2 Å². The monoisotopic (exact) mass is 327 g/mol. The van der Waals surface area contributed by atoms with Gasteiger partial charge in [-0.25, -0.2) is 4.79 Å². The average Bonchev–Trinajstić information content (AvgIpc) is 2.60. The first-order valence-corrected chi connectivity index (χ1v) is 8.05. The van der Waals surface area contributed by atoms with Crippen LogP contribution in [0, 0.1) is 0 Å². The lowest BCUT2D eigenvalue weighted by Crippen LogP contribution is -2.27. The summed E-state index contributed by atoms with van der Waals surface area (Å²) < 4.78 is 6.24. The van der Waals surface area contributed by atoms with Crippen molar-refractivity contribution in [2.75, 3.05) is 33.0 Å². The maximum absolute atomic E-state index is 11.9. The molecule has 128 valence electrons. The number of para-hydroxylation sites is 2. The molecule has 2 amide bonds. The first-order valence-electron chi connectivity index (χ1n) is 8.05. The van der Waals surface area contributed by atoms with Gasteiger partial charge >= 0.3 is 6.03 Å². The number of ether oxygens (including phenoxy) is 1. The summed E-state index contributed by atoms with van der Waals surface area (Å²) in [4.78, 5) is 13.4. The highest BCUT2D eigenvalue weighted by Crippen LogP contribution is 2.30. The highest BCUT2D eigenvalue weighted by Gasteiger charge is 2.16. The molecule has 2 rings (SSSR count). The SMILES string of the molecule is CNCCC(Oc1ccccc1NC(=O)N(C)C)c1ccccc1. The van der Waals surface area contributed by atoms with E-state index in [-0.39, 0.29) is 12.1 Å². The molecular weight excluding hydrogens is 302 g/mol. The smallest absolute Gasteiger partial charge is 0.321 e. The molecule has 0 saturated heterocycles. The maximum atomic E-state index is 11.9. The quantitative estimate of drug-likeness (QED) is 0.818. The van der Waals surface area contributed by atoms with Gasteiger partial charge in [0.2, 0.25) is 0 Å². The molecule has 0 heterocycles. The fraction of sp³-hybridized carbons (Fsp3) is 0.316. The minimum atomic E-state index is -0.183. The Kier molecular flexibility index (Phi) is 6.63. The predicted molar refractivity (Wildman–Crippen MR) is 97.5 cm³/mol. The standard InChI is InChI=1S/C19H25N3O2/c1-20-14-13-17(15-9-5-4-6-10-15)24-18-12-8-7-11-16(18)21-19(23)22(2)3/h4-12,17,20H,13-14H2,1-3H3,(H,21,23). The zero-order valence-electron chi connectivity index (χ0n) is 14.5. The van der Waals surface area contributed by atoms with Crippen molar-refractivity contribution in [3.8, 4) is 5.75 Å². The molecule has 1 atom stereocenters. The summed E-state index contributed by atoms with van der Waals surface area (Å²) in [5.74, 6) is 0.664. The number of hydrogen-bond acceptors (Lipinski definition) is 3. The van der Waals surface area contributed by atoms with E-state index >= 15 is 0 Å². The van der Waals surface area contributed by atoms with Crippen LogP contribution in [-0.2, 0) is 0 Å². The van der Waals surface area contributed by atoms with Gasteiger partial charge in [-0.1, -0.05) is 42.5 Å². The third kappa shape index (κ3) is 4.99. The van der Waals surface area contributed by atoms with Crippen molar-refractivity contribution in [2.45, 2.75) is 12.5 Å². The molecule has 0 aliphatic rings. The normalized spacial score (nSPS) is 11.6. The van der Waals surface area contributed by atoms with Gasteiger partial charge in [-0.2, -0.15) is 0 Å². The molecule has 0 fully saturated rings. The topological polar surface area (TPSA) is 53.6 Å². The highest BCUT2D eigenvalue weighted by molar-refractivity contribution is 5.90. The van der Waals surface area contributed by atoms with E-state index < -0.39 is 0 Å². The number of urea groups is 1. The van der Waals surface area contributed by atoms with Gasteiger partial charge in [0.1, 0.15) is 11.9 Å². The molecule has 1 unspecified atom stereocenters. The molecule has 0 radical (unpaired) electrons. The summed E-state index contributed by atoms with van der Waals surface area (Å²) in [5, 5.41) is 6.03. The van der Waals surface area contributed by atoms with Crippen LogP contribution >= 0.6 is 0 Å².